The van der Waals surface area contributed by atoms with Crippen LogP contribution in [0, 0.1) is 11.8 Å². The zero-order valence-corrected chi connectivity index (χ0v) is 8.13. The van der Waals surface area contributed by atoms with E-state index in [0.29, 0.717) is 11.7 Å². The molecule has 1 saturated carbocycles. The van der Waals surface area contributed by atoms with Gasteiger partial charge in [0.05, 0.1) is 0 Å². The van der Waals surface area contributed by atoms with Crippen LogP contribution in [0.4, 0.5) is 0 Å². The van der Waals surface area contributed by atoms with Crippen LogP contribution in [0.3, 0.4) is 0 Å². The Morgan fingerprint density at radius 1 is 1.23 bits per heavy atom. The van der Waals surface area contributed by atoms with Crippen molar-refractivity contribution in [3.63, 3.8) is 0 Å². The molecule has 0 radical (unpaired) electrons. The van der Waals surface area contributed by atoms with Crippen LogP contribution in [-0.2, 0) is 9.53 Å². The number of Topliss-reactive ketones (excluding diaryl/α,β-unsaturated/α-hetero) is 1. The van der Waals surface area contributed by atoms with Gasteiger partial charge in [-0.1, -0.05) is 12.8 Å². The van der Waals surface area contributed by atoms with Gasteiger partial charge >= 0.3 is 0 Å². The predicted molar refractivity (Wildman–Crippen MR) is 50.5 cm³/mol. The highest BCUT2D eigenvalue weighted by Gasteiger charge is 2.23. The summed E-state index contributed by atoms with van der Waals surface area (Å²) in [6, 6.07) is 0. The van der Waals surface area contributed by atoms with Crippen molar-refractivity contribution < 1.29 is 9.53 Å². The van der Waals surface area contributed by atoms with Crippen molar-refractivity contribution in [1.29, 1.82) is 0 Å². The minimum Gasteiger partial charge on any atom is -0.381 e. The van der Waals surface area contributed by atoms with Crippen LogP contribution in [0.5, 0.6) is 0 Å². The molecule has 2 rings (SSSR count). The third kappa shape index (κ3) is 3.11. The first-order valence-electron chi connectivity index (χ1n) is 5.44. The molecule has 1 heterocycles. The highest BCUT2D eigenvalue weighted by atomic mass is 16.5. The van der Waals surface area contributed by atoms with E-state index in [-0.39, 0.29) is 0 Å². The Hall–Kier alpha value is -0.370. The molecule has 13 heavy (non-hydrogen) atoms. The van der Waals surface area contributed by atoms with Crippen molar-refractivity contribution >= 4 is 5.78 Å². The number of carbonyl (C=O) groups excluding carboxylic acids is 1. The number of hydrogen-bond acceptors (Lipinski definition) is 2. The largest absolute Gasteiger partial charge is 0.381 e. The highest BCUT2D eigenvalue weighted by Crippen LogP contribution is 2.33. The van der Waals surface area contributed by atoms with Gasteiger partial charge in [0, 0.05) is 26.1 Å². The summed E-state index contributed by atoms with van der Waals surface area (Å²) in [6.07, 6.45) is 6.55. The first kappa shape index (κ1) is 9.20. The molecule has 2 nitrogen and oxygen atoms in total. The molecule has 0 aromatic rings. The molecule has 0 aromatic heterocycles. The van der Waals surface area contributed by atoms with Crippen LogP contribution >= 0.6 is 0 Å². The van der Waals surface area contributed by atoms with E-state index < -0.39 is 0 Å². The molecule has 2 aliphatic rings. The summed E-state index contributed by atoms with van der Waals surface area (Å²) in [6.45, 7) is 1.68. The average molecular weight is 182 g/mol. The second kappa shape index (κ2) is 4.23. The van der Waals surface area contributed by atoms with Crippen LogP contribution in [0.1, 0.15) is 38.5 Å². The first-order valence-corrected chi connectivity index (χ1v) is 5.44. The van der Waals surface area contributed by atoms with Gasteiger partial charge in [-0.15, -0.1) is 0 Å². The molecule has 74 valence electrons. The third-order valence-electron chi connectivity index (χ3n) is 3.07. The van der Waals surface area contributed by atoms with E-state index in [0.717, 1.165) is 44.8 Å². The second-order valence-corrected chi connectivity index (χ2v) is 4.45. The Morgan fingerprint density at radius 2 is 2.08 bits per heavy atom. The molecule has 1 aliphatic carbocycles. The Kier molecular flexibility index (Phi) is 2.99. The van der Waals surface area contributed by atoms with E-state index in [1.165, 1.54) is 12.8 Å². The summed E-state index contributed by atoms with van der Waals surface area (Å²) in [7, 11) is 0. The van der Waals surface area contributed by atoms with Crippen LogP contribution < -0.4 is 0 Å². The molecule has 0 N–H and O–H groups in total. The lowest BCUT2D eigenvalue weighted by molar-refractivity contribution is -0.120. The summed E-state index contributed by atoms with van der Waals surface area (Å²) in [5, 5.41) is 0. The van der Waals surface area contributed by atoms with Crippen LogP contribution in [0.25, 0.3) is 0 Å². The molecule has 0 spiro atoms. The number of rotatable bonds is 5. The smallest absolute Gasteiger partial charge is 0.133 e. The van der Waals surface area contributed by atoms with Gasteiger partial charge in [-0.2, -0.15) is 0 Å². The summed E-state index contributed by atoms with van der Waals surface area (Å²) in [5.74, 6) is 1.89. The molecule has 2 heteroatoms. The molecule has 1 unspecified atom stereocenters. The minimum absolute atomic E-state index is 0.461. The average Bonchev–Trinajstić information content (AvgIpc) is 2.82. The molecule has 1 aliphatic heterocycles. The van der Waals surface area contributed by atoms with Gasteiger partial charge in [-0.3, -0.25) is 4.79 Å². The van der Waals surface area contributed by atoms with Crippen molar-refractivity contribution in [2.24, 2.45) is 11.8 Å². The zero-order valence-electron chi connectivity index (χ0n) is 8.13. The summed E-state index contributed by atoms with van der Waals surface area (Å²) < 4.78 is 5.24. The molecule has 0 aromatic carbocycles. The monoisotopic (exact) mass is 182 g/mol. The normalized spacial score (nSPS) is 27.8. The standard InChI is InChI=1S/C11H18O2/c12-11(4-3-9-1-2-9)7-10-5-6-13-8-10/h9-10H,1-8H2. The quantitative estimate of drug-likeness (QED) is 0.651. The number of ketones is 1. The molecule has 0 amide bonds. The van der Waals surface area contributed by atoms with E-state index in [9.17, 15) is 4.79 Å². The first-order chi connectivity index (χ1) is 6.34. The lowest BCUT2D eigenvalue weighted by atomic mass is 9.99. The van der Waals surface area contributed by atoms with E-state index in [1.54, 1.807) is 0 Å². The van der Waals surface area contributed by atoms with Gasteiger partial charge in [0.2, 0.25) is 0 Å². The Labute approximate surface area is 79.7 Å². The van der Waals surface area contributed by atoms with Crippen molar-refractivity contribution in [2.75, 3.05) is 13.2 Å². The van der Waals surface area contributed by atoms with Crippen molar-refractivity contribution in [2.45, 2.75) is 38.5 Å². The lowest BCUT2D eigenvalue weighted by Gasteiger charge is -2.05. The fourth-order valence-corrected chi connectivity index (χ4v) is 1.94. The third-order valence-corrected chi connectivity index (χ3v) is 3.07. The molecule has 2 fully saturated rings. The van der Waals surface area contributed by atoms with E-state index in [1.807, 2.05) is 0 Å². The van der Waals surface area contributed by atoms with Crippen LogP contribution in [0.15, 0.2) is 0 Å². The summed E-state index contributed by atoms with van der Waals surface area (Å²) in [5.41, 5.74) is 0. The molecule has 1 saturated heterocycles. The SMILES string of the molecule is O=C(CCC1CC1)CC1CCOC1. The second-order valence-electron chi connectivity index (χ2n) is 4.45. The molecular weight excluding hydrogens is 164 g/mol. The number of ether oxygens (including phenoxy) is 1. The maximum absolute atomic E-state index is 11.5. The fourth-order valence-electron chi connectivity index (χ4n) is 1.94. The van der Waals surface area contributed by atoms with Gasteiger partial charge in [0.15, 0.2) is 0 Å². The van der Waals surface area contributed by atoms with Crippen LogP contribution in [0.2, 0.25) is 0 Å². The summed E-state index contributed by atoms with van der Waals surface area (Å²) >= 11 is 0. The molecular formula is C11H18O2. The van der Waals surface area contributed by atoms with Gasteiger partial charge in [0.1, 0.15) is 5.78 Å². The van der Waals surface area contributed by atoms with E-state index in [4.69, 9.17) is 4.74 Å². The number of carbonyl (C=O) groups is 1. The Balaban J connectivity index is 1.59. The van der Waals surface area contributed by atoms with Crippen LogP contribution in [-0.4, -0.2) is 19.0 Å². The fraction of sp³-hybridized carbons (Fsp3) is 0.909. The lowest BCUT2D eigenvalue weighted by Crippen LogP contribution is -2.08. The summed E-state index contributed by atoms with van der Waals surface area (Å²) in [4.78, 5) is 11.5. The van der Waals surface area contributed by atoms with Gasteiger partial charge in [0.25, 0.3) is 0 Å². The maximum atomic E-state index is 11.5. The zero-order chi connectivity index (χ0) is 9.10. The van der Waals surface area contributed by atoms with Crippen molar-refractivity contribution in [3.05, 3.63) is 0 Å². The minimum atomic E-state index is 0.461. The van der Waals surface area contributed by atoms with Crippen molar-refractivity contribution in [1.82, 2.24) is 0 Å². The van der Waals surface area contributed by atoms with E-state index in [2.05, 4.69) is 0 Å². The topological polar surface area (TPSA) is 26.3 Å². The van der Waals surface area contributed by atoms with Gasteiger partial charge in [-0.25, -0.2) is 0 Å². The predicted octanol–water partition coefficient (Wildman–Crippen LogP) is 2.17. The maximum Gasteiger partial charge on any atom is 0.133 e. The number of hydrogen-bond donors (Lipinski definition) is 0. The Bertz CT molecular complexity index is 179. The molecule has 0 bridgehead atoms. The van der Waals surface area contributed by atoms with Gasteiger partial charge in [-0.05, 0) is 24.7 Å². The highest BCUT2D eigenvalue weighted by molar-refractivity contribution is 5.78. The van der Waals surface area contributed by atoms with Gasteiger partial charge < -0.3 is 4.74 Å². The molecule has 1 atom stereocenters. The van der Waals surface area contributed by atoms with Crippen molar-refractivity contribution in [3.8, 4) is 0 Å². The van der Waals surface area contributed by atoms with E-state index >= 15 is 0 Å². The Morgan fingerprint density at radius 3 is 2.69 bits per heavy atom.